The van der Waals surface area contributed by atoms with Crippen LogP contribution in [-0.4, -0.2) is 43.1 Å². The van der Waals surface area contributed by atoms with Crippen LogP contribution in [0.5, 0.6) is 11.5 Å². The van der Waals surface area contributed by atoms with E-state index in [0.29, 0.717) is 30.6 Å². The van der Waals surface area contributed by atoms with Gasteiger partial charge in [0.15, 0.2) is 11.5 Å². The van der Waals surface area contributed by atoms with Crippen molar-refractivity contribution in [3.05, 3.63) is 53.6 Å². The molecule has 1 atom stereocenters. The monoisotopic (exact) mass is 463 g/mol. The Morgan fingerprint density at radius 1 is 1.15 bits per heavy atom. The van der Waals surface area contributed by atoms with Gasteiger partial charge in [-0.05, 0) is 55.7 Å². The van der Waals surface area contributed by atoms with E-state index in [-0.39, 0.29) is 5.69 Å². The smallest absolute Gasteiger partial charge is 0.471 e. The van der Waals surface area contributed by atoms with Crippen molar-refractivity contribution in [1.82, 2.24) is 5.01 Å². The van der Waals surface area contributed by atoms with E-state index in [1.54, 1.807) is 19.2 Å². The number of nitrogens with zero attached hydrogens (tertiary/aromatic N) is 2. The van der Waals surface area contributed by atoms with Crippen molar-refractivity contribution in [1.29, 1.82) is 0 Å². The zero-order valence-electron chi connectivity index (χ0n) is 18.9. The third-order valence-corrected chi connectivity index (χ3v) is 5.46. The molecule has 0 bridgehead atoms. The molecule has 9 heteroatoms. The minimum Gasteiger partial charge on any atom is -0.493 e. The summed E-state index contributed by atoms with van der Waals surface area (Å²) in [5.74, 6) is -0.343. The summed E-state index contributed by atoms with van der Waals surface area (Å²) in [4.78, 5) is 11.1. The molecule has 1 aliphatic rings. The van der Waals surface area contributed by atoms with Gasteiger partial charge < -0.3 is 14.8 Å². The predicted molar refractivity (Wildman–Crippen MR) is 121 cm³/mol. The van der Waals surface area contributed by atoms with E-state index in [2.05, 4.69) is 6.92 Å². The maximum Gasteiger partial charge on any atom is 0.471 e. The lowest BCUT2D eigenvalue weighted by Gasteiger charge is -2.31. The van der Waals surface area contributed by atoms with Gasteiger partial charge in [-0.3, -0.25) is 9.80 Å². The van der Waals surface area contributed by atoms with Gasteiger partial charge >= 0.3 is 12.1 Å². The molecule has 3 rings (SSSR count). The van der Waals surface area contributed by atoms with Crippen molar-refractivity contribution >= 4 is 17.3 Å². The topological polar surface area (TPSA) is 63.2 Å². The Morgan fingerprint density at radius 3 is 2.48 bits per heavy atom. The van der Waals surface area contributed by atoms with Crippen molar-refractivity contribution in [3.8, 4) is 11.5 Å². The van der Waals surface area contributed by atoms with Gasteiger partial charge in [0.2, 0.25) is 0 Å². The van der Waals surface area contributed by atoms with E-state index in [1.165, 1.54) is 12.1 Å². The molecule has 0 spiro atoms. The fourth-order valence-electron chi connectivity index (χ4n) is 3.74. The van der Waals surface area contributed by atoms with E-state index in [0.717, 1.165) is 36.2 Å². The maximum atomic E-state index is 12.4. The molecule has 1 amide bonds. The summed E-state index contributed by atoms with van der Waals surface area (Å²) < 4.78 is 48.4. The largest absolute Gasteiger partial charge is 0.493 e. The molecule has 6 nitrogen and oxygen atoms in total. The molecule has 1 heterocycles. The number of ether oxygens (including phenoxy) is 2. The highest BCUT2D eigenvalue weighted by molar-refractivity contribution is 6.03. The minimum atomic E-state index is -4.92. The zero-order chi connectivity index (χ0) is 24.0. The summed E-state index contributed by atoms with van der Waals surface area (Å²) >= 11 is 0. The molecule has 0 saturated carbocycles. The Kier molecular flexibility index (Phi) is 7.84. The Bertz CT molecular complexity index is 991. The van der Waals surface area contributed by atoms with Crippen molar-refractivity contribution < 1.29 is 27.4 Å². The van der Waals surface area contributed by atoms with Crippen molar-refractivity contribution in [2.24, 2.45) is 11.0 Å². The third kappa shape index (κ3) is 6.18. The van der Waals surface area contributed by atoms with Gasteiger partial charge in [0.05, 0.1) is 26.0 Å². The first-order valence-electron chi connectivity index (χ1n) is 10.9. The van der Waals surface area contributed by atoms with E-state index in [9.17, 15) is 18.0 Å². The summed E-state index contributed by atoms with van der Waals surface area (Å²) in [6.07, 6.45) is -3.03. The van der Waals surface area contributed by atoms with Crippen LogP contribution in [0.3, 0.4) is 0 Å². The molecule has 2 aromatic carbocycles. The van der Waals surface area contributed by atoms with Gasteiger partial charge in [0.1, 0.15) is 0 Å². The van der Waals surface area contributed by atoms with Crippen LogP contribution in [0, 0.1) is 5.92 Å². The Morgan fingerprint density at radius 2 is 1.88 bits per heavy atom. The number of benzene rings is 2. The van der Waals surface area contributed by atoms with E-state index < -0.39 is 12.1 Å². The maximum absolute atomic E-state index is 12.4. The molecule has 1 N–H and O–H groups in total. The standard InChI is InChI=1S/C24H28F3N3O3/c1-4-17-12-13-30(15-16-6-9-19(10-7-16)28-23(31)24(25,26)27)29-22(17)18-8-11-20(32-3)21(14-18)33-5-2/h6-11,14,17H,4-5,12-13,15H2,1-3H3,(H,28,31). The number of alkyl halides is 3. The number of rotatable bonds is 8. The van der Waals surface area contributed by atoms with Gasteiger partial charge in [-0.2, -0.15) is 18.3 Å². The summed E-state index contributed by atoms with van der Waals surface area (Å²) in [6.45, 7) is 5.84. The van der Waals surface area contributed by atoms with Gasteiger partial charge in [-0.25, -0.2) is 0 Å². The first-order chi connectivity index (χ1) is 15.7. The normalized spacial score (nSPS) is 16.2. The summed E-state index contributed by atoms with van der Waals surface area (Å²) in [7, 11) is 1.60. The highest BCUT2D eigenvalue weighted by Gasteiger charge is 2.38. The molecule has 0 radical (unpaired) electrons. The molecule has 0 aromatic heterocycles. The molecular weight excluding hydrogens is 435 g/mol. The number of hydrogen-bond acceptors (Lipinski definition) is 5. The van der Waals surface area contributed by atoms with Crippen LogP contribution in [0.1, 0.15) is 37.8 Å². The van der Waals surface area contributed by atoms with Crippen LogP contribution >= 0.6 is 0 Å². The SMILES string of the molecule is CCOc1cc(C2=NN(Cc3ccc(NC(=O)C(F)(F)F)cc3)CCC2CC)ccc1OC. The fourth-order valence-corrected chi connectivity index (χ4v) is 3.74. The lowest BCUT2D eigenvalue weighted by atomic mass is 9.90. The van der Waals surface area contributed by atoms with Crippen molar-refractivity contribution in [3.63, 3.8) is 0 Å². The number of nitrogens with one attached hydrogen (secondary N) is 1. The molecule has 0 aliphatic carbocycles. The van der Waals surface area contributed by atoms with Crippen LogP contribution in [-0.2, 0) is 11.3 Å². The van der Waals surface area contributed by atoms with E-state index in [1.807, 2.05) is 35.4 Å². The van der Waals surface area contributed by atoms with Gasteiger partial charge in [0.25, 0.3) is 0 Å². The fraction of sp³-hybridized carbons (Fsp3) is 0.417. The van der Waals surface area contributed by atoms with Gasteiger partial charge in [0, 0.05) is 23.7 Å². The first-order valence-corrected chi connectivity index (χ1v) is 10.9. The number of carbonyl (C=O) groups excluding carboxylic acids is 1. The number of hydrogen-bond donors (Lipinski definition) is 1. The zero-order valence-corrected chi connectivity index (χ0v) is 18.9. The number of carbonyl (C=O) groups is 1. The van der Waals surface area contributed by atoms with Gasteiger partial charge in [-0.1, -0.05) is 19.1 Å². The van der Waals surface area contributed by atoms with Crippen LogP contribution in [0.2, 0.25) is 0 Å². The second kappa shape index (κ2) is 10.6. The van der Waals surface area contributed by atoms with E-state index >= 15 is 0 Å². The number of hydrazone groups is 1. The molecule has 178 valence electrons. The summed E-state index contributed by atoms with van der Waals surface area (Å²) in [5.41, 5.74) is 2.92. The van der Waals surface area contributed by atoms with Crippen LogP contribution in [0.4, 0.5) is 18.9 Å². The lowest BCUT2D eigenvalue weighted by Crippen LogP contribution is -2.32. The third-order valence-electron chi connectivity index (χ3n) is 5.46. The molecule has 33 heavy (non-hydrogen) atoms. The molecule has 1 unspecified atom stereocenters. The quantitative estimate of drug-likeness (QED) is 0.582. The summed E-state index contributed by atoms with van der Waals surface area (Å²) in [6, 6.07) is 12.1. The highest BCUT2D eigenvalue weighted by atomic mass is 19.4. The summed E-state index contributed by atoms with van der Waals surface area (Å²) in [5, 5.41) is 8.70. The lowest BCUT2D eigenvalue weighted by molar-refractivity contribution is -0.167. The Hall–Kier alpha value is -3.23. The average molecular weight is 464 g/mol. The Balaban J connectivity index is 1.77. The number of anilines is 1. The van der Waals surface area contributed by atoms with Crippen molar-refractivity contribution in [2.45, 2.75) is 39.4 Å². The number of halogens is 3. The van der Waals surface area contributed by atoms with Crippen LogP contribution in [0.15, 0.2) is 47.6 Å². The molecular formula is C24H28F3N3O3. The van der Waals surface area contributed by atoms with Gasteiger partial charge in [-0.15, -0.1) is 0 Å². The first kappa shape index (κ1) is 24.4. The number of methoxy groups -OCH3 is 1. The van der Waals surface area contributed by atoms with Crippen molar-refractivity contribution in [2.75, 3.05) is 25.6 Å². The molecule has 0 saturated heterocycles. The highest BCUT2D eigenvalue weighted by Crippen LogP contribution is 2.32. The minimum absolute atomic E-state index is 0.0941. The van der Waals surface area contributed by atoms with Crippen LogP contribution in [0.25, 0.3) is 0 Å². The van der Waals surface area contributed by atoms with Crippen LogP contribution < -0.4 is 14.8 Å². The van der Waals surface area contributed by atoms with E-state index in [4.69, 9.17) is 14.6 Å². The Labute approximate surface area is 191 Å². The molecule has 0 fully saturated rings. The second-order valence-corrected chi connectivity index (χ2v) is 7.71. The number of amides is 1. The molecule has 2 aromatic rings. The molecule has 1 aliphatic heterocycles. The second-order valence-electron chi connectivity index (χ2n) is 7.71. The average Bonchev–Trinajstić information content (AvgIpc) is 2.80. The predicted octanol–water partition coefficient (Wildman–Crippen LogP) is 5.23.